The molecular weight excluding hydrogens is 239 g/mol. The second kappa shape index (κ2) is 5.48. The van der Waals surface area contributed by atoms with Gasteiger partial charge in [0.1, 0.15) is 11.9 Å². The Morgan fingerprint density at radius 1 is 1.41 bits per heavy atom. The summed E-state index contributed by atoms with van der Waals surface area (Å²) in [7, 11) is 0. The van der Waals surface area contributed by atoms with Gasteiger partial charge in [-0.2, -0.15) is 5.26 Å². The SMILES string of the molecule is N#CC(NC1CCCC1)c1cc(Cl)ccc1F. The van der Waals surface area contributed by atoms with E-state index >= 15 is 0 Å². The van der Waals surface area contributed by atoms with Crippen LogP contribution in [0.15, 0.2) is 18.2 Å². The van der Waals surface area contributed by atoms with Crippen LogP contribution in [0.2, 0.25) is 5.02 Å². The van der Waals surface area contributed by atoms with Crippen molar-refractivity contribution in [2.75, 3.05) is 0 Å². The molecule has 90 valence electrons. The van der Waals surface area contributed by atoms with E-state index in [9.17, 15) is 4.39 Å². The van der Waals surface area contributed by atoms with Gasteiger partial charge in [-0.25, -0.2) is 4.39 Å². The number of nitrogens with zero attached hydrogens (tertiary/aromatic N) is 1. The third-order valence-electron chi connectivity index (χ3n) is 3.16. The fourth-order valence-electron chi connectivity index (χ4n) is 2.26. The van der Waals surface area contributed by atoms with Crippen molar-refractivity contribution in [3.8, 4) is 6.07 Å². The van der Waals surface area contributed by atoms with E-state index in [1.54, 1.807) is 0 Å². The second-order valence-corrected chi connectivity index (χ2v) is 4.81. The van der Waals surface area contributed by atoms with Gasteiger partial charge in [0.15, 0.2) is 0 Å². The lowest BCUT2D eigenvalue weighted by Gasteiger charge is -2.18. The Morgan fingerprint density at radius 2 is 2.12 bits per heavy atom. The van der Waals surface area contributed by atoms with Crippen LogP contribution in [0, 0.1) is 17.1 Å². The first kappa shape index (κ1) is 12.3. The summed E-state index contributed by atoms with van der Waals surface area (Å²) < 4.78 is 13.6. The van der Waals surface area contributed by atoms with Crippen molar-refractivity contribution in [2.45, 2.75) is 37.8 Å². The molecule has 0 heterocycles. The Hall–Kier alpha value is -1.11. The molecule has 1 N–H and O–H groups in total. The molecule has 0 spiro atoms. The third-order valence-corrected chi connectivity index (χ3v) is 3.39. The van der Waals surface area contributed by atoms with Crippen LogP contribution < -0.4 is 5.32 Å². The zero-order valence-electron chi connectivity index (χ0n) is 9.42. The lowest BCUT2D eigenvalue weighted by molar-refractivity contribution is 0.477. The summed E-state index contributed by atoms with van der Waals surface area (Å²) in [5.74, 6) is -0.383. The molecular formula is C13H14ClFN2. The maximum Gasteiger partial charge on any atom is 0.129 e. The maximum absolute atomic E-state index is 13.6. The highest BCUT2D eigenvalue weighted by atomic mass is 35.5. The molecule has 1 atom stereocenters. The molecule has 1 aliphatic carbocycles. The van der Waals surface area contributed by atoms with E-state index in [0.29, 0.717) is 16.6 Å². The molecule has 0 aliphatic heterocycles. The number of hydrogen-bond acceptors (Lipinski definition) is 2. The van der Waals surface area contributed by atoms with E-state index in [1.165, 1.54) is 31.0 Å². The number of nitrogens with one attached hydrogen (secondary N) is 1. The normalized spacial score (nSPS) is 17.9. The summed E-state index contributed by atoms with van der Waals surface area (Å²) >= 11 is 5.83. The van der Waals surface area contributed by atoms with E-state index in [2.05, 4.69) is 11.4 Å². The van der Waals surface area contributed by atoms with Gasteiger partial charge in [0.05, 0.1) is 6.07 Å². The Kier molecular flexibility index (Phi) is 3.98. The summed E-state index contributed by atoms with van der Waals surface area (Å²) in [5, 5.41) is 12.8. The standard InChI is InChI=1S/C13H14ClFN2/c14-9-5-6-12(15)11(7-9)13(8-16)17-10-3-1-2-4-10/h5-7,10,13,17H,1-4H2. The molecule has 0 bridgehead atoms. The number of benzene rings is 1. The molecule has 1 unspecified atom stereocenters. The molecule has 0 saturated heterocycles. The minimum atomic E-state index is -0.614. The lowest BCUT2D eigenvalue weighted by Crippen LogP contribution is -2.30. The molecule has 1 saturated carbocycles. The number of nitriles is 1. The van der Waals surface area contributed by atoms with Gasteiger partial charge in [0, 0.05) is 16.6 Å². The fourth-order valence-corrected chi connectivity index (χ4v) is 2.44. The van der Waals surface area contributed by atoms with Crippen molar-refractivity contribution in [1.82, 2.24) is 5.32 Å². The molecule has 1 aromatic carbocycles. The van der Waals surface area contributed by atoms with Crippen LogP contribution in [0.25, 0.3) is 0 Å². The molecule has 0 aromatic heterocycles. The van der Waals surface area contributed by atoms with E-state index in [1.807, 2.05) is 0 Å². The van der Waals surface area contributed by atoms with Gasteiger partial charge in [-0.15, -0.1) is 0 Å². The monoisotopic (exact) mass is 252 g/mol. The molecule has 1 aromatic rings. The number of halogens is 2. The maximum atomic E-state index is 13.6. The van der Waals surface area contributed by atoms with Crippen LogP contribution in [-0.2, 0) is 0 Å². The Morgan fingerprint density at radius 3 is 2.76 bits per heavy atom. The minimum Gasteiger partial charge on any atom is -0.295 e. The van der Waals surface area contributed by atoms with Crippen molar-refractivity contribution in [1.29, 1.82) is 5.26 Å². The van der Waals surface area contributed by atoms with Crippen LogP contribution in [0.5, 0.6) is 0 Å². The highest BCUT2D eigenvalue weighted by Gasteiger charge is 2.22. The van der Waals surface area contributed by atoms with Crippen molar-refractivity contribution in [3.05, 3.63) is 34.6 Å². The number of hydrogen-bond donors (Lipinski definition) is 1. The van der Waals surface area contributed by atoms with Crippen molar-refractivity contribution in [2.24, 2.45) is 0 Å². The predicted octanol–water partition coefficient (Wildman–Crippen LogP) is 3.58. The molecule has 0 radical (unpaired) electrons. The van der Waals surface area contributed by atoms with Crippen LogP contribution >= 0.6 is 11.6 Å². The zero-order valence-corrected chi connectivity index (χ0v) is 10.2. The summed E-state index contributed by atoms with van der Waals surface area (Å²) in [6, 6.07) is 6.12. The van der Waals surface area contributed by atoms with Gasteiger partial charge in [-0.1, -0.05) is 24.4 Å². The largest absolute Gasteiger partial charge is 0.295 e. The van der Waals surface area contributed by atoms with E-state index in [-0.39, 0.29) is 5.82 Å². The molecule has 2 nitrogen and oxygen atoms in total. The average Bonchev–Trinajstić information content (AvgIpc) is 2.82. The summed E-state index contributed by atoms with van der Waals surface area (Å²) in [5.41, 5.74) is 0.340. The minimum absolute atomic E-state index is 0.318. The van der Waals surface area contributed by atoms with Gasteiger partial charge in [-0.3, -0.25) is 5.32 Å². The van der Waals surface area contributed by atoms with Gasteiger partial charge in [-0.05, 0) is 31.0 Å². The molecule has 1 fully saturated rings. The van der Waals surface area contributed by atoms with Crippen molar-refractivity contribution in [3.63, 3.8) is 0 Å². The summed E-state index contributed by atoms with van der Waals surface area (Å²) in [4.78, 5) is 0. The molecule has 1 aliphatic rings. The molecule has 4 heteroatoms. The van der Waals surface area contributed by atoms with E-state index < -0.39 is 6.04 Å². The Labute approximate surface area is 105 Å². The molecule has 17 heavy (non-hydrogen) atoms. The van der Waals surface area contributed by atoms with Crippen LogP contribution in [-0.4, -0.2) is 6.04 Å². The topological polar surface area (TPSA) is 35.8 Å². The first-order valence-corrected chi connectivity index (χ1v) is 6.19. The molecule has 2 rings (SSSR count). The van der Waals surface area contributed by atoms with Gasteiger partial charge < -0.3 is 0 Å². The van der Waals surface area contributed by atoms with Crippen molar-refractivity contribution < 1.29 is 4.39 Å². The molecule has 0 amide bonds. The highest BCUT2D eigenvalue weighted by Crippen LogP contribution is 2.25. The van der Waals surface area contributed by atoms with Crippen LogP contribution in [0.3, 0.4) is 0 Å². The smallest absolute Gasteiger partial charge is 0.129 e. The Balaban J connectivity index is 2.16. The Bertz CT molecular complexity index is 436. The summed E-state index contributed by atoms with van der Waals surface area (Å²) in [6.45, 7) is 0. The highest BCUT2D eigenvalue weighted by molar-refractivity contribution is 6.30. The fraction of sp³-hybridized carbons (Fsp3) is 0.462. The first-order valence-electron chi connectivity index (χ1n) is 5.81. The van der Waals surface area contributed by atoms with Crippen molar-refractivity contribution >= 4 is 11.6 Å². The lowest BCUT2D eigenvalue weighted by atomic mass is 10.1. The number of rotatable bonds is 3. The summed E-state index contributed by atoms with van der Waals surface area (Å²) in [6.07, 6.45) is 4.46. The van der Waals surface area contributed by atoms with Gasteiger partial charge in [0.2, 0.25) is 0 Å². The zero-order chi connectivity index (χ0) is 12.3. The van der Waals surface area contributed by atoms with Gasteiger partial charge in [0.25, 0.3) is 0 Å². The van der Waals surface area contributed by atoms with E-state index in [0.717, 1.165) is 12.8 Å². The first-order chi connectivity index (χ1) is 8.20. The van der Waals surface area contributed by atoms with Crippen LogP contribution in [0.1, 0.15) is 37.3 Å². The predicted molar refractivity (Wildman–Crippen MR) is 65.2 cm³/mol. The van der Waals surface area contributed by atoms with E-state index in [4.69, 9.17) is 16.9 Å². The van der Waals surface area contributed by atoms with Gasteiger partial charge >= 0.3 is 0 Å². The van der Waals surface area contributed by atoms with Crippen LogP contribution in [0.4, 0.5) is 4.39 Å². The quantitative estimate of drug-likeness (QED) is 0.893. The third kappa shape index (κ3) is 2.96. The second-order valence-electron chi connectivity index (χ2n) is 4.38. The average molecular weight is 253 g/mol.